The molecule has 1 atom stereocenters. The Labute approximate surface area is 146 Å². The minimum atomic E-state index is -3.46. The van der Waals surface area contributed by atoms with Crippen LogP contribution >= 0.6 is 23.7 Å². The third kappa shape index (κ3) is 6.19. The van der Waals surface area contributed by atoms with Crippen molar-refractivity contribution < 1.29 is 12.8 Å². The maximum atomic E-state index is 12.8. The van der Waals surface area contributed by atoms with E-state index in [1.807, 2.05) is 35.8 Å². The van der Waals surface area contributed by atoms with E-state index in [-0.39, 0.29) is 30.0 Å². The third-order valence-corrected chi connectivity index (χ3v) is 5.34. The third-order valence-electron chi connectivity index (χ3n) is 3.32. The van der Waals surface area contributed by atoms with Crippen LogP contribution in [0.4, 0.5) is 4.39 Å². The van der Waals surface area contributed by atoms with Gasteiger partial charge in [0.15, 0.2) is 0 Å². The normalized spacial score (nSPS) is 12.9. The molecule has 0 fully saturated rings. The zero-order chi connectivity index (χ0) is 16.2. The van der Waals surface area contributed by atoms with E-state index in [9.17, 15) is 12.8 Å². The minimum absolute atomic E-state index is 0. The summed E-state index contributed by atoms with van der Waals surface area (Å²) < 4.78 is 39.8. The van der Waals surface area contributed by atoms with Gasteiger partial charge in [0.2, 0.25) is 10.0 Å². The molecule has 0 radical (unpaired) electrons. The van der Waals surface area contributed by atoms with Gasteiger partial charge < -0.3 is 4.90 Å². The van der Waals surface area contributed by atoms with Gasteiger partial charge in [-0.25, -0.2) is 17.5 Å². The van der Waals surface area contributed by atoms with Crippen molar-refractivity contribution >= 4 is 33.8 Å². The monoisotopic (exact) mass is 378 g/mol. The van der Waals surface area contributed by atoms with E-state index < -0.39 is 10.0 Å². The van der Waals surface area contributed by atoms with Crippen molar-refractivity contribution in [2.24, 2.45) is 0 Å². The highest BCUT2D eigenvalue weighted by Crippen LogP contribution is 2.20. The summed E-state index contributed by atoms with van der Waals surface area (Å²) in [6.45, 7) is 0.299. The smallest absolute Gasteiger partial charge is 0.215 e. The number of hydrogen-bond donors (Lipinski definition) is 1. The van der Waals surface area contributed by atoms with E-state index >= 15 is 0 Å². The summed E-state index contributed by atoms with van der Waals surface area (Å²) in [5.41, 5.74) is 1.64. The molecule has 2 rings (SSSR count). The standard InChI is InChI=1S/C15H19FN2O2S2.ClH/c1-18(2)15(13-7-8-21-10-13)9-17-22(19,20)11-12-3-5-14(16)6-4-12;/h3-8,10,15,17H,9,11H2,1-2H3;1H. The Balaban J connectivity index is 0.00000264. The Morgan fingerprint density at radius 3 is 2.39 bits per heavy atom. The molecule has 23 heavy (non-hydrogen) atoms. The first-order valence-corrected chi connectivity index (χ1v) is 9.37. The Bertz CT molecular complexity index is 689. The molecule has 1 N–H and O–H groups in total. The predicted octanol–water partition coefficient (Wildman–Crippen LogP) is 3.03. The summed E-state index contributed by atoms with van der Waals surface area (Å²) in [4.78, 5) is 1.97. The van der Waals surface area contributed by atoms with Gasteiger partial charge in [-0.05, 0) is 54.2 Å². The first kappa shape index (κ1) is 20.1. The second-order valence-corrected chi connectivity index (χ2v) is 7.86. The number of benzene rings is 1. The van der Waals surface area contributed by atoms with Crippen LogP contribution < -0.4 is 4.72 Å². The lowest BCUT2D eigenvalue weighted by molar-refractivity contribution is 0.300. The fourth-order valence-corrected chi connectivity index (χ4v) is 3.97. The maximum Gasteiger partial charge on any atom is 0.215 e. The number of halogens is 2. The van der Waals surface area contributed by atoms with Crippen molar-refractivity contribution in [3.63, 3.8) is 0 Å². The highest BCUT2D eigenvalue weighted by atomic mass is 35.5. The van der Waals surface area contributed by atoms with E-state index in [1.165, 1.54) is 24.3 Å². The fourth-order valence-electron chi connectivity index (χ4n) is 2.12. The highest BCUT2D eigenvalue weighted by Gasteiger charge is 2.18. The van der Waals surface area contributed by atoms with Gasteiger partial charge in [-0.15, -0.1) is 12.4 Å². The molecule has 0 bridgehead atoms. The van der Waals surface area contributed by atoms with Gasteiger partial charge in [-0.1, -0.05) is 12.1 Å². The van der Waals surface area contributed by atoms with Gasteiger partial charge in [0.05, 0.1) is 5.75 Å². The van der Waals surface area contributed by atoms with Gasteiger partial charge in [0, 0.05) is 12.6 Å². The van der Waals surface area contributed by atoms with Crippen LogP contribution in [0, 0.1) is 5.82 Å². The summed E-state index contributed by atoms with van der Waals surface area (Å²) >= 11 is 1.58. The lowest BCUT2D eigenvalue weighted by atomic mass is 10.1. The first-order chi connectivity index (χ1) is 10.4. The van der Waals surface area contributed by atoms with Crippen molar-refractivity contribution in [1.82, 2.24) is 9.62 Å². The molecule has 0 aliphatic carbocycles. The van der Waals surface area contributed by atoms with E-state index in [4.69, 9.17) is 0 Å². The number of rotatable bonds is 7. The van der Waals surface area contributed by atoms with E-state index in [0.29, 0.717) is 12.1 Å². The summed E-state index contributed by atoms with van der Waals surface area (Å²) in [7, 11) is 0.364. The molecule has 1 aromatic heterocycles. The van der Waals surface area contributed by atoms with E-state index in [2.05, 4.69) is 4.72 Å². The summed E-state index contributed by atoms with van der Waals surface area (Å²) in [5, 5.41) is 3.98. The first-order valence-electron chi connectivity index (χ1n) is 6.78. The van der Waals surface area contributed by atoms with Crippen LogP contribution in [0.15, 0.2) is 41.1 Å². The molecular formula is C15H20ClFN2O2S2. The second kappa shape index (κ2) is 8.75. The molecule has 0 aliphatic rings. The number of likely N-dealkylation sites (N-methyl/N-ethyl adjacent to an activating group) is 1. The molecule has 1 aromatic carbocycles. The van der Waals surface area contributed by atoms with E-state index in [0.717, 1.165) is 5.56 Å². The Morgan fingerprint density at radius 2 is 1.87 bits per heavy atom. The molecule has 0 saturated heterocycles. The molecule has 1 unspecified atom stereocenters. The van der Waals surface area contributed by atoms with Crippen molar-refractivity contribution in [1.29, 1.82) is 0 Å². The van der Waals surface area contributed by atoms with Crippen LogP contribution in [0.25, 0.3) is 0 Å². The molecule has 0 amide bonds. The highest BCUT2D eigenvalue weighted by molar-refractivity contribution is 7.88. The lowest BCUT2D eigenvalue weighted by Gasteiger charge is -2.24. The van der Waals surface area contributed by atoms with Crippen LogP contribution in [0.1, 0.15) is 17.2 Å². The van der Waals surface area contributed by atoms with Crippen molar-refractivity contribution in [3.8, 4) is 0 Å². The largest absolute Gasteiger partial charge is 0.301 e. The van der Waals surface area contributed by atoms with Crippen molar-refractivity contribution in [2.75, 3.05) is 20.6 Å². The molecule has 2 aromatic rings. The fraction of sp³-hybridized carbons (Fsp3) is 0.333. The topological polar surface area (TPSA) is 49.4 Å². The molecule has 4 nitrogen and oxygen atoms in total. The molecule has 128 valence electrons. The molecule has 0 aliphatic heterocycles. The maximum absolute atomic E-state index is 12.8. The Kier molecular flexibility index (Phi) is 7.63. The zero-order valence-corrected chi connectivity index (χ0v) is 15.3. The van der Waals surface area contributed by atoms with Crippen LogP contribution in [0.3, 0.4) is 0 Å². The number of nitrogens with zero attached hydrogens (tertiary/aromatic N) is 1. The number of thiophene rings is 1. The SMILES string of the molecule is CN(C)C(CNS(=O)(=O)Cc1ccc(F)cc1)c1ccsc1.Cl. The van der Waals surface area contributed by atoms with Gasteiger partial charge in [-0.3, -0.25) is 0 Å². The molecular weight excluding hydrogens is 359 g/mol. The average Bonchev–Trinajstić information content (AvgIpc) is 2.95. The van der Waals surface area contributed by atoms with Gasteiger partial charge in [0.1, 0.15) is 5.82 Å². The molecule has 1 heterocycles. The molecule has 8 heteroatoms. The summed E-state index contributed by atoms with van der Waals surface area (Å²) in [6.07, 6.45) is 0. The number of sulfonamides is 1. The zero-order valence-electron chi connectivity index (χ0n) is 12.9. The van der Waals surface area contributed by atoms with Crippen LogP contribution in [0.2, 0.25) is 0 Å². The Hall–Kier alpha value is -0.990. The van der Waals surface area contributed by atoms with Gasteiger partial charge in [0.25, 0.3) is 0 Å². The summed E-state index contributed by atoms with van der Waals surface area (Å²) in [6, 6.07) is 7.46. The second-order valence-electron chi connectivity index (χ2n) is 5.27. The van der Waals surface area contributed by atoms with Crippen LogP contribution in [-0.2, 0) is 15.8 Å². The summed E-state index contributed by atoms with van der Waals surface area (Å²) in [5.74, 6) is -0.531. The predicted molar refractivity (Wildman–Crippen MR) is 95.0 cm³/mol. The Morgan fingerprint density at radius 1 is 1.22 bits per heavy atom. The molecule has 0 saturated carbocycles. The van der Waals surface area contributed by atoms with Crippen molar-refractivity contribution in [3.05, 3.63) is 58.0 Å². The van der Waals surface area contributed by atoms with Gasteiger partial charge >= 0.3 is 0 Å². The number of hydrogen-bond acceptors (Lipinski definition) is 4. The van der Waals surface area contributed by atoms with Gasteiger partial charge in [-0.2, -0.15) is 11.3 Å². The van der Waals surface area contributed by atoms with E-state index in [1.54, 1.807) is 11.3 Å². The molecule has 0 spiro atoms. The number of nitrogens with one attached hydrogen (secondary N) is 1. The van der Waals surface area contributed by atoms with Crippen molar-refractivity contribution in [2.45, 2.75) is 11.8 Å². The average molecular weight is 379 g/mol. The quantitative estimate of drug-likeness (QED) is 0.805. The lowest BCUT2D eigenvalue weighted by Crippen LogP contribution is -2.35. The van der Waals surface area contributed by atoms with Crippen LogP contribution in [0.5, 0.6) is 0 Å². The van der Waals surface area contributed by atoms with Crippen LogP contribution in [-0.4, -0.2) is 34.0 Å². The minimum Gasteiger partial charge on any atom is -0.301 e.